The Bertz CT molecular complexity index is 1290. The largest absolute Gasteiger partial charge is 0.478 e. The first kappa shape index (κ1) is 28.1. The number of halogens is 1. The highest BCUT2D eigenvalue weighted by atomic mass is 79.9. The fourth-order valence-corrected chi connectivity index (χ4v) is 4.82. The molecule has 2 aromatic carbocycles. The molecule has 1 unspecified atom stereocenters. The highest BCUT2D eigenvalue weighted by Crippen LogP contribution is 2.22. The molecule has 196 valence electrons. The number of carbonyl (C=O) groups is 3. The Morgan fingerprint density at radius 3 is 2.54 bits per heavy atom. The smallest absolute Gasteiger partial charge is 0.348 e. The Hall–Kier alpha value is -3.50. The zero-order chi connectivity index (χ0) is 27.1. The van der Waals surface area contributed by atoms with Crippen LogP contribution in [-0.2, 0) is 19.4 Å². The number of hydrogen-bond donors (Lipinski definition) is 3. The topological polar surface area (TPSA) is 125 Å². The number of imide groups is 1. The van der Waals surface area contributed by atoms with Crippen molar-refractivity contribution < 1.29 is 24.7 Å². The van der Waals surface area contributed by atoms with E-state index in [9.17, 15) is 24.7 Å². The number of hydroxylamine groups is 1. The van der Waals surface area contributed by atoms with Crippen LogP contribution in [0.15, 0.2) is 53.1 Å². The van der Waals surface area contributed by atoms with Gasteiger partial charge in [0.05, 0.1) is 11.8 Å². The fraction of sp³-hybridized carbons (Fsp3) is 0.333. The molecular formula is C27H31BrN4O5. The van der Waals surface area contributed by atoms with Crippen LogP contribution in [-0.4, -0.2) is 48.7 Å². The Morgan fingerprint density at radius 2 is 1.92 bits per heavy atom. The highest BCUT2D eigenvalue weighted by Gasteiger charge is 2.31. The van der Waals surface area contributed by atoms with Crippen LogP contribution >= 0.6 is 15.9 Å². The Morgan fingerprint density at radius 1 is 1.19 bits per heavy atom. The number of aromatic carboxylic acids is 1. The lowest BCUT2D eigenvalue weighted by molar-refractivity contribution is 0.0668. The first-order valence-corrected chi connectivity index (χ1v) is 12.8. The van der Waals surface area contributed by atoms with E-state index < -0.39 is 23.9 Å². The number of carboxylic acid groups (broad SMARTS) is 1. The third-order valence-electron chi connectivity index (χ3n) is 6.27. The second-order valence-corrected chi connectivity index (χ2v) is 9.79. The number of nitrogens with zero attached hydrogens (tertiary/aromatic N) is 3. The van der Waals surface area contributed by atoms with E-state index in [1.807, 2.05) is 31.2 Å². The summed E-state index contributed by atoms with van der Waals surface area (Å²) >= 11 is 3.31. The lowest BCUT2D eigenvalue weighted by Gasteiger charge is -2.27. The van der Waals surface area contributed by atoms with Crippen LogP contribution in [0.2, 0.25) is 0 Å². The average molecular weight is 571 g/mol. The molecule has 0 aliphatic heterocycles. The van der Waals surface area contributed by atoms with Crippen LogP contribution < -0.4 is 5.48 Å². The molecule has 1 heterocycles. The van der Waals surface area contributed by atoms with Gasteiger partial charge in [0.1, 0.15) is 11.5 Å². The number of rotatable bonds is 10. The van der Waals surface area contributed by atoms with E-state index >= 15 is 0 Å². The average Bonchev–Trinajstić information content (AvgIpc) is 3.26. The molecule has 3 rings (SSSR count). The Balaban J connectivity index is 1.99. The summed E-state index contributed by atoms with van der Waals surface area (Å²) in [6.45, 7) is 6.02. The van der Waals surface area contributed by atoms with Gasteiger partial charge in [0.2, 0.25) is 0 Å². The zero-order valence-corrected chi connectivity index (χ0v) is 22.7. The van der Waals surface area contributed by atoms with E-state index in [1.54, 1.807) is 29.1 Å². The maximum atomic E-state index is 13.8. The monoisotopic (exact) mass is 570 g/mol. The van der Waals surface area contributed by atoms with Gasteiger partial charge >= 0.3 is 12.0 Å². The minimum Gasteiger partial charge on any atom is -0.478 e. The standard InChI is InChI=1S/C27H31BrN4O5/c1-4-5-10-24-29-15-23(31(24)16-19-11-12-21(26(34)35)22(28)14-19)25(33)32(27(36)30-37)18(3)13-20-9-7-6-8-17(20)2/h6-9,11-12,14-15,18,37H,4-5,10,13,16H2,1-3H3,(H,30,36)(H,34,35). The summed E-state index contributed by atoms with van der Waals surface area (Å²) in [6, 6.07) is 11.1. The van der Waals surface area contributed by atoms with Crippen LogP contribution in [0.25, 0.3) is 0 Å². The number of hydrogen-bond acceptors (Lipinski definition) is 5. The normalized spacial score (nSPS) is 11.7. The molecule has 0 radical (unpaired) electrons. The molecule has 0 fully saturated rings. The van der Waals surface area contributed by atoms with E-state index in [-0.39, 0.29) is 17.8 Å². The van der Waals surface area contributed by atoms with Gasteiger partial charge in [-0.05, 0) is 71.4 Å². The number of amides is 3. The van der Waals surface area contributed by atoms with Gasteiger partial charge in [0.25, 0.3) is 5.91 Å². The summed E-state index contributed by atoms with van der Waals surface area (Å²) < 4.78 is 2.17. The van der Waals surface area contributed by atoms with Crippen molar-refractivity contribution in [2.24, 2.45) is 0 Å². The SMILES string of the molecule is CCCCc1ncc(C(=O)N(C(=O)NO)C(C)Cc2ccccc2C)n1Cc1ccc(C(=O)O)c(Br)c1. The number of benzene rings is 2. The van der Waals surface area contributed by atoms with Crippen LogP contribution in [0.5, 0.6) is 0 Å². The number of nitrogens with one attached hydrogen (secondary N) is 1. The first-order chi connectivity index (χ1) is 17.7. The van der Waals surface area contributed by atoms with Crippen molar-refractivity contribution in [2.75, 3.05) is 0 Å². The van der Waals surface area contributed by atoms with Gasteiger partial charge < -0.3 is 9.67 Å². The maximum absolute atomic E-state index is 13.8. The number of carboxylic acids is 1. The molecule has 1 atom stereocenters. The molecule has 10 heteroatoms. The van der Waals surface area contributed by atoms with E-state index in [4.69, 9.17) is 0 Å². The minimum absolute atomic E-state index is 0.132. The van der Waals surface area contributed by atoms with E-state index in [2.05, 4.69) is 27.8 Å². The van der Waals surface area contributed by atoms with Crippen molar-refractivity contribution >= 4 is 33.8 Å². The molecule has 3 N–H and O–H groups in total. The third-order valence-corrected chi connectivity index (χ3v) is 6.92. The summed E-state index contributed by atoms with van der Waals surface area (Å²) in [7, 11) is 0. The van der Waals surface area contributed by atoms with Gasteiger partial charge in [0, 0.05) is 23.5 Å². The fourth-order valence-electron chi connectivity index (χ4n) is 4.23. The second-order valence-electron chi connectivity index (χ2n) is 8.94. The summed E-state index contributed by atoms with van der Waals surface area (Å²) in [5.74, 6) is -0.961. The van der Waals surface area contributed by atoms with Crippen molar-refractivity contribution in [2.45, 2.75) is 59.0 Å². The summed E-state index contributed by atoms with van der Waals surface area (Å²) in [4.78, 5) is 43.3. The molecule has 0 aliphatic carbocycles. The van der Waals surface area contributed by atoms with E-state index in [0.29, 0.717) is 23.1 Å². The van der Waals surface area contributed by atoms with Gasteiger partial charge in [-0.2, -0.15) is 0 Å². The lowest BCUT2D eigenvalue weighted by Crippen LogP contribution is -2.49. The molecule has 0 saturated heterocycles. The van der Waals surface area contributed by atoms with Gasteiger partial charge in [0.15, 0.2) is 0 Å². The van der Waals surface area contributed by atoms with Crippen molar-refractivity contribution in [3.05, 3.63) is 86.9 Å². The predicted octanol–water partition coefficient (Wildman–Crippen LogP) is 5.22. The molecule has 0 spiro atoms. The molecule has 9 nitrogen and oxygen atoms in total. The summed E-state index contributed by atoms with van der Waals surface area (Å²) in [6.07, 6.45) is 4.28. The van der Waals surface area contributed by atoms with Crippen LogP contribution in [0.4, 0.5) is 4.79 Å². The van der Waals surface area contributed by atoms with Gasteiger partial charge in [-0.3, -0.25) is 14.9 Å². The molecule has 0 saturated carbocycles. The van der Waals surface area contributed by atoms with E-state index in [0.717, 1.165) is 34.4 Å². The van der Waals surface area contributed by atoms with Crippen molar-refractivity contribution in [1.82, 2.24) is 19.9 Å². The van der Waals surface area contributed by atoms with Gasteiger partial charge in [-0.15, -0.1) is 0 Å². The zero-order valence-electron chi connectivity index (χ0n) is 21.1. The van der Waals surface area contributed by atoms with Crippen molar-refractivity contribution in [1.29, 1.82) is 0 Å². The van der Waals surface area contributed by atoms with Crippen LogP contribution in [0, 0.1) is 6.92 Å². The molecule has 0 bridgehead atoms. The number of carbonyl (C=O) groups excluding carboxylic acids is 2. The van der Waals surface area contributed by atoms with Crippen molar-refractivity contribution in [3.8, 4) is 0 Å². The molecule has 3 aromatic rings. The molecule has 1 aromatic heterocycles. The number of imidazole rings is 1. The molecular weight excluding hydrogens is 540 g/mol. The predicted molar refractivity (Wildman–Crippen MR) is 142 cm³/mol. The third kappa shape index (κ3) is 6.64. The minimum atomic E-state index is -1.05. The van der Waals surface area contributed by atoms with Crippen molar-refractivity contribution in [3.63, 3.8) is 0 Å². The summed E-state index contributed by atoms with van der Waals surface area (Å²) in [5, 5.41) is 18.8. The first-order valence-electron chi connectivity index (χ1n) is 12.1. The van der Waals surface area contributed by atoms with Gasteiger partial charge in [-0.25, -0.2) is 20.1 Å². The molecule has 3 amide bonds. The highest BCUT2D eigenvalue weighted by molar-refractivity contribution is 9.10. The quantitative estimate of drug-likeness (QED) is 0.227. The molecule has 0 aliphatic rings. The number of urea groups is 1. The number of aryl methyl sites for hydroxylation is 2. The van der Waals surface area contributed by atoms with Gasteiger partial charge in [-0.1, -0.05) is 43.7 Å². The number of unbranched alkanes of at least 4 members (excludes halogenated alkanes) is 1. The second kappa shape index (κ2) is 12.6. The Kier molecular flexibility index (Phi) is 9.60. The maximum Gasteiger partial charge on any atom is 0.348 e. The summed E-state index contributed by atoms with van der Waals surface area (Å²) in [5.41, 5.74) is 4.72. The van der Waals surface area contributed by atoms with Crippen LogP contribution in [0.1, 0.15) is 70.1 Å². The molecule has 37 heavy (non-hydrogen) atoms. The van der Waals surface area contributed by atoms with Crippen LogP contribution in [0.3, 0.4) is 0 Å². The van der Waals surface area contributed by atoms with E-state index in [1.165, 1.54) is 12.3 Å². The lowest BCUT2D eigenvalue weighted by atomic mass is 10.0. The number of aromatic nitrogens is 2. The Labute approximate surface area is 224 Å².